The Morgan fingerprint density at radius 3 is 2.95 bits per heavy atom. The van der Waals surface area contributed by atoms with E-state index < -0.39 is 23.4 Å². The molecule has 0 saturated heterocycles. The number of aliphatic carboxylic acids is 1. The van der Waals surface area contributed by atoms with E-state index in [1.807, 2.05) is 24.1 Å². The molecule has 3 aliphatic rings. The number of carbonyl (C=O) groups is 2. The first-order chi connectivity index (χ1) is 10.4. The van der Waals surface area contributed by atoms with E-state index in [1.165, 1.54) is 0 Å². The second-order valence-corrected chi connectivity index (χ2v) is 6.27. The molecule has 0 radical (unpaired) electrons. The highest BCUT2D eigenvalue weighted by Gasteiger charge is 2.53. The van der Waals surface area contributed by atoms with Crippen molar-refractivity contribution in [1.82, 2.24) is 4.90 Å². The number of aliphatic hydroxyl groups is 1. The Morgan fingerprint density at radius 1 is 1.45 bits per heavy atom. The van der Waals surface area contributed by atoms with E-state index in [4.69, 9.17) is 0 Å². The van der Waals surface area contributed by atoms with Gasteiger partial charge in [-0.3, -0.25) is 14.5 Å². The SMILES string of the molecule is CN1C[C@H](C(=O)O)C=C2c3cccc4c3C(O)(C[C@H]21)C(=O)N4. The van der Waals surface area contributed by atoms with Gasteiger partial charge in [-0.2, -0.15) is 0 Å². The fraction of sp³-hybridized carbons (Fsp3) is 0.375. The Morgan fingerprint density at radius 2 is 2.23 bits per heavy atom. The molecule has 0 bridgehead atoms. The van der Waals surface area contributed by atoms with Crippen molar-refractivity contribution in [2.45, 2.75) is 18.1 Å². The van der Waals surface area contributed by atoms with Crippen LogP contribution in [-0.4, -0.2) is 46.6 Å². The quantitative estimate of drug-likeness (QED) is 0.708. The average molecular weight is 300 g/mol. The Kier molecular flexibility index (Phi) is 2.56. The third-order valence-corrected chi connectivity index (χ3v) is 4.98. The number of benzene rings is 1. The van der Waals surface area contributed by atoms with Crippen molar-refractivity contribution in [3.8, 4) is 0 Å². The summed E-state index contributed by atoms with van der Waals surface area (Å²) in [7, 11) is 1.83. The van der Waals surface area contributed by atoms with E-state index in [2.05, 4.69) is 5.32 Å². The molecule has 2 aliphatic heterocycles. The zero-order chi connectivity index (χ0) is 15.6. The number of nitrogens with zero attached hydrogens (tertiary/aromatic N) is 1. The third-order valence-electron chi connectivity index (χ3n) is 4.98. The van der Waals surface area contributed by atoms with E-state index in [-0.39, 0.29) is 12.5 Å². The number of likely N-dealkylation sites (N-methyl/N-ethyl adjacent to an activating group) is 1. The topological polar surface area (TPSA) is 89.9 Å². The van der Waals surface area contributed by atoms with E-state index in [9.17, 15) is 19.8 Å². The maximum Gasteiger partial charge on any atom is 0.311 e. The highest BCUT2D eigenvalue weighted by molar-refractivity contribution is 6.08. The fourth-order valence-corrected chi connectivity index (χ4v) is 3.90. The first-order valence-electron chi connectivity index (χ1n) is 7.24. The molecule has 114 valence electrons. The van der Waals surface area contributed by atoms with Gasteiger partial charge in [0.15, 0.2) is 5.60 Å². The second-order valence-electron chi connectivity index (χ2n) is 6.27. The van der Waals surface area contributed by atoms with Gasteiger partial charge in [-0.25, -0.2) is 0 Å². The van der Waals surface area contributed by atoms with Crippen LogP contribution in [0.5, 0.6) is 0 Å². The van der Waals surface area contributed by atoms with Gasteiger partial charge >= 0.3 is 5.97 Å². The number of fused-ring (bicyclic) bond motifs is 2. The summed E-state index contributed by atoms with van der Waals surface area (Å²) in [6.45, 7) is 0.371. The van der Waals surface area contributed by atoms with Gasteiger partial charge in [0.2, 0.25) is 0 Å². The van der Waals surface area contributed by atoms with Gasteiger partial charge in [-0.15, -0.1) is 0 Å². The van der Waals surface area contributed by atoms with Gasteiger partial charge in [-0.05, 0) is 24.3 Å². The van der Waals surface area contributed by atoms with E-state index in [0.29, 0.717) is 17.8 Å². The number of carboxylic acid groups (broad SMARTS) is 1. The van der Waals surface area contributed by atoms with Crippen molar-refractivity contribution >= 4 is 23.1 Å². The predicted molar refractivity (Wildman–Crippen MR) is 79.1 cm³/mol. The lowest BCUT2D eigenvalue weighted by Gasteiger charge is -2.43. The number of nitrogens with one attached hydrogen (secondary N) is 1. The Balaban J connectivity index is 1.95. The number of hydrogen-bond donors (Lipinski definition) is 3. The maximum absolute atomic E-state index is 12.2. The summed E-state index contributed by atoms with van der Waals surface area (Å²) >= 11 is 0. The van der Waals surface area contributed by atoms with E-state index in [0.717, 1.165) is 11.1 Å². The number of anilines is 1. The smallest absolute Gasteiger partial charge is 0.311 e. The number of amides is 1. The second kappa shape index (κ2) is 4.18. The van der Waals surface area contributed by atoms with Crippen LogP contribution in [-0.2, 0) is 15.2 Å². The van der Waals surface area contributed by atoms with Gasteiger partial charge in [0, 0.05) is 30.3 Å². The van der Waals surface area contributed by atoms with Crippen molar-refractivity contribution in [3.63, 3.8) is 0 Å². The lowest BCUT2D eigenvalue weighted by Crippen LogP contribution is -2.50. The largest absolute Gasteiger partial charge is 0.481 e. The number of hydrogen-bond acceptors (Lipinski definition) is 4. The third kappa shape index (κ3) is 1.56. The van der Waals surface area contributed by atoms with Crippen LogP contribution in [0.4, 0.5) is 5.69 Å². The molecular formula is C16H16N2O4. The van der Waals surface area contributed by atoms with Crippen LogP contribution < -0.4 is 5.32 Å². The molecule has 1 aromatic rings. The molecule has 0 fully saturated rings. The van der Waals surface area contributed by atoms with Crippen molar-refractivity contribution in [1.29, 1.82) is 0 Å². The lowest BCUT2D eigenvalue weighted by atomic mass is 9.72. The van der Waals surface area contributed by atoms with Crippen LogP contribution in [0.15, 0.2) is 24.3 Å². The van der Waals surface area contributed by atoms with Crippen molar-refractivity contribution < 1.29 is 19.8 Å². The molecule has 1 unspecified atom stereocenters. The summed E-state index contributed by atoms with van der Waals surface area (Å²) in [5.41, 5.74) is 1.33. The summed E-state index contributed by atoms with van der Waals surface area (Å²) < 4.78 is 0. The molecule has 1 aromatic carbocycles. The highest BCUT2D eigenvalue weighted by atomic mass is 16.4. The molecule has 4 rings (SSSR count). The molecule has 0 spiro atoms. The van der Waals surface area contributed by atoms with Gasteiger partial charge in [0.1, 0.15) is 0 Å². The monoisotopic (exact) mass is 300 g/mol. The molecule has 0 saturated carbocycles. The first kappa shape index (κ1) is 13.5. The molecule has 1 amide bonds. The zero-order valence-electron chi connectivity index (χ0n) is 12.0. The molecule has 6 heteroatoms. The van der Waals surface area contributed by atoms with Crippen LogP contribution in [0, 0.1) is 5.92 Å². The first-order valence-corrected chi connectivity index (χ1v) is 7.24. The van der Waals surface area contributed by atoms with Crippen molar-refractivity contribution in [2.24, 2.45) is 5.92 Å². The molecular weight excluding hydrogens is 284 g/mol. The van der Waals surface area contributed by atoms with Crippen LogP contribution in [0.2, 0.25) is 0 Å². The van der Waals surface area contributed by atoms with E-state index in [1.54, 1.807) is 12.1 Å². The average Bonchev–Trinajstić information content (AvgIpc) is 2.73. The van der Waals surface area contributed by atoms with Gasteiger partial charge in [0.25, 0.3) is 5.91 Å². The summed E-state index contributed by atoms with van der Waals surface area (Å²) in [4.78, 5) is 25.5. The van der Waals surface area contributed by atoms with Gasteiger partial charge in [0.05, 0.1) is 5.92 Å². The maximum atomic E-state index is 12.2. The Labute approximate surface area is 127 Å². The summed E-state index contributed by atoms with van der Waals surface area (Å²) in [5, 5.41) is 22.9. The minimum Gasteiger partial charge on any atom is -0.481 e. The fourth-order valence-electron chi connectivity index (χ4n) is 3.90. The molecule has 3 N–H and O–H groups in total. The van der Waals surface area contributed by atoms with Crippen LogP contribution in [0.25, 0.3) is 5.57 Å². The Hall–Kier alpha value is -2.18. The molecule has 3 atom stereocenters. The van der Waals surface area contributed by atoms with Crippen LogP contribution in [0.1, 0.15) is 17.5 Å². The minimum absolute atomic E-state index is 0.160. The Bertz CT molecular complexity index is 742. The van der Waals surface area contributed by atoms with Crippen molar-refractivity contribution in [3.05, 3.63) is 35.4 Å². The molecule has 22 heavy (non-hydrogen) atoms. The normalized spacial score (nSPS) is 32.8. The van der Waals surface area contributed by atoms with Crippen molar-refractivity contribution in [2.75, 3.05) is 18.9 Å². The number of carbonyl (C=O) groups excluding carboxylic acids is 1. The number of rotatable bonds is 1. The zero-order valence-corrected chi connectivity index (χ0v) is 12.0. The summed E-state index contributed by atoms with van der Waals surface area (Å²) in [6, 6.07) is 5.26. The van der Waals surface area contributed by atoms with Crippen LogP contribution >= 0.6 is 0 Å². The minimum atomic E-state index is -1.53. The molecule has 6 nitrogen and oxygen atoms in total. The molecule has 2 heterocycles. The van der Waals surface area contributed by atoms with Crippen LogP contribution in [0.3, 0.4) is 0 Å². The van der Waals surface area contributed by atoms with Gasteiger partial charge < -0.3 is 15.5 Å². The summed E-state index contributed by atoms with van der Waals surface area (Å²) in [6.07, 6.45) is 2.02. The molecule has 0 aromatic heterocycles. The highest BCUT2D eigenvalue weighted by Crippen LogP contribution is 2.51. The summed E-state index contributed by atoms with van der Waals surface area (Å²) in [5.74, 6) is -1.84. The lowest BCUT2D eigenvalue weighted by molar-refractivity contribution is -0.141. The predicted octanol–water partition coefficient (Wildman–Crippen LogP) is 0.628. The van der Waals surface area contributed by atoms with Gasteiger partial charge in [-0.1, -0.05) is 18.2 Å². The van der Waals surface area contributed by atoms with E-state index >= 15 is 0 Å². The standard InChI is InChI=1S/C16H16N2O4/c1-18-7-8(14(19)20)5-10-9-3-2-4-11-13(9)16(22,6-12(10)18)15(21)17-11/h2-5,8,12,22H,6-7H2,1H3,(H,17,21)(H,19,20)/t8-,12-,16?/m1/s1. The number of carboxylic acids is 1. The molecule has 1 aliphatic carbocycles.